The second-order valence-corrected chi connectivity index (χ2v) is 9.98. The molecule has 2 aliphatic heterocycles. The zero-order chi connectivity index (χ0) is 23.8. The van der Waals surface area contributed by atoms with Crippen LogP contribution in [-0.2, 0) is 10.5 Å². The van der Waals surface area contributed by atoms with E-state index >= 15 is 0 Å². The Bertz CT molecular complexity index is 1410. The van der Waals surface area contributed by atoms with Crippen molar-refractivity contribution in [3.05, 3.63) is 94.6 Å². The zero-order valence-electron chi connectivity index (χ0n) is 18.4. The highest BCUT2D eigenvalue weighted by Crippen LogP contribution is 2.34. The number of amides is 1. The lowest BCUT2D eigenvalue weighted by atomic mass is 10.1. The molecule has 9 heteroatoms. The fourth-order valence-corrected chi connectivity index (χ4v) is 5.74. The maximum absolute atomic E-state index is 13.8. The van der Waals surface area contributed by atoms with Crippen molar-refractivity contribution in [3.8, 4) is 5.69 Å². The number of aryl methyl sites for hydroxylation is 1. The number of aromatic nitrogens is 1. The van der Waals surface area contributed by atoms with Crippen LogP contribution >= 0.6 is 23.5 Å². The molecule has 0 spiro atoms. The fourth-order valence-electron chi connectivity index (χ4n) is 3.85. The van der Waals surface area contributed by atoms with Gasteiger partial charge in [0.2, 0.25) is 5.17 Å². The molecule has 170 valence electrons. The average Bonchev–Trinajstić information content (AvgIpc) is 3.35. The zero-order valence-corrected chi connectivity index (χ0v) is 20.1. The Kier molecular flexibility index (Phi) is 5.97. The standard InChI is InChI=1S/C25H20FN5OS2/c1-15-11-18(16(2)30(15)20-10-6-9-19(26)13-20)12-21-22(27)31-24(28-23(21)32)34-25(29-31)33-14-17-7-4-3-5-8-17/h3-13,27H,14H2,1-2H3/b21-12+,27-22?. The van der Waals surface area contributed by atoms with Crippen molar-refractivity contribution in [2.45, 2.75) is 19.6 Å². The maximum Gasteiger partial charge on any atom is 0.283 e. The van der Waals surface area contributed by atoms with Gasteiger partial charge in [0.1, 0.15) is 5.82 Å². The third kappa shape index (κ3) is 4.24. The summed E-state index contributed by atoms with van der Waals surface area (Å²) < 4.78 is 16.4. The van der Waals surface area contributed by atoms with Gasteiger partial charge in [0.15, 0.2) is 10.2 Å². The molecule has 0 bridgehead atoms. The van der Waals surface area contributed by atoms with Gasteiger partial charge < -0.3 is 4.57 Å². The highest BCUT2D eigenvalue weighted by Gasteiger charge is 2.36. The number of hydrogen-bond donors (Lipinski definition) is 1. The van der Waals surface area contributed by atoms with Crippen LogP contribution in [0.4, 0.5) is 4.39 Å². The summed E-state index contributed by atoms with van der Waals surface area (Å²) in [7, 11) is 0. The number of nitrogens with zero attached hydrogens (tertiary/aromatic N) is 4. The molecule has 0 saturated heterocycles. The van der Waals surface area contributed by atoms with Crippen LogP contribution in [0.5, 0.6) is 0 Å². The van der Waals surface area contributed by atoms with E-state index in [0.717, 1.165) is 27.1 Å². The number of fused-ring (bicyclic) bond motifs is 1. The van der Waals surface area contributed by atoms with Crippen LogP contribution in [0.15, 0.2) is 76.3 Å². The van der Waals surface area contributed by atoms with Gasteiger partial charge in [0.25, 0.3) is 5.91 Å². The van der Waals surface area contributed by atoms with E-state index in [1.54, 1.807) is 23.9 Å². The van der Waals surface area contributed by atoms with E-state index in [1.807, 2.05) is 60.9 Å². The van der Waals surface area contributed by atoms with Crippen LogP contribution in [0, 0.1) is 25.1 Å². The second kappa shape index (κ2) is 9.08. The largest absolute Gasteiger partial charge is 0.318 e. The molecule has 0 aliphatic carbocycles. The van der Waals surface area contributed by atoms with E-state index in [-0.39, 0.29) is 17.2 Å². The quantitative estimate of drug-likeness (QED) is 0.474. The normalized spacial score (nSPS) is 16.7. The molecule has 0 fully saturated rings. The minimum absolute atomic E-state index is 0.00614. The first-order valence-corrected chi connectivity index (χ1v) is 12.3. The number of halogens is 1. The van der Waals surface area contributed by atoms with Crippen molar-refractivity contribution in [1.82, 2.24) is 9.58 Å². The Morgan fingerprint density at radius 2 is 1.91 bits per heavy atom. The Morgan fingerprint density at radius 1 is 1.12 bits per heavy atom. The summed E-state index contributed by atoms with van der Waals surface area (Å²) in [6, 6.07) is 18.3. The average molecular weight is 490 g/mol. The van der Waals surface area contributed by atoms with E-state index in [1.165, 1.54) is 34.5 Å². The van der Waals surface area contributed by atoms with Crippen LogP contribution < -0.4 is 0 Å². The van der Waals surface area contributed by atoms with Crippen LogP contribution in [0.2, 0.25) is 0 Å². The van der Waals surface area contributed by atoms with Crippen LogP contribution in [0.25, 0.3) is 11.8 Å². The van der Waals surface area contributed by atoms with Gasteiger partial charge in [-0.2, -0.15) is 10.0 Å². The predicted molar refractivity (Wildman–Crippen MR) is 138 cm³/mol. The molecule has 1 aromatic heterocycles. The first-order valence-electron chi connectivity index (χ1n) is 10.5. The van der Waals surface area contributed by atoms with E-state index in [4.69, 9.17) is 5.41 Å². The molecule has 0 unspecified atom stereocenters. The van der Waals surface area contributed by atoms with Gasteiger partial charge in [0.05, 0.1) is 5.57 Å². The first kappa shape index (κ1) is 22.4. The number of carbonyl (C=O) groups is 1. The lowest BCUT2D eigenvalue weighted by Crippen LogP contribution is -2.35. The molecule has 5 rings (SSSR count). The summed E-state index contributed by atoms with van der Waals surface area (Å²) in [5, 5.41) is 15.0. The van der Waals surface area contributed by atoms with E-state index in [9.17, 15) is 9.18 Å². The fraction of sp³-hybridized carbons (Fsp3) is 0.120. The van der Waals surface area contributed by atoms with Crippen molar-refractivity contribution in [2.75, 3.05) is 0 Å². The Balaban J connectivity index is 1.41. The molecule has 2 aliphatic rings. The molecular formula is C25H20FN5OS2. The highest BCUT2D eigenvalue weighted by atomic mass is 32.2. The van der Waals surface area contributed by atoms with Gasteiger partial charge in [0, 0.05) is 22.8 Å². The Hall–Kier alpha value is -3.43. The molecule has 0 atom stereocenters. The summed E-state index contributed by atoms with van der Waals surface area (Å²) in [6.07, 6.45) is 1.67. The van der Waals surface area contributed by atoms with Gasteiger partial charge in [-0.25, -0.2) is 4.39 Å². The number of nitrogens with one attached hydrogen (secondary N) is 1. The minimum atomic E-state index is -0.469. The molecule has 3 heterocycles. The van der Waals surface area contributed by atoms with Crippen LogP contribution in [0.1, 0.15) is 22.5 Å². The number of hydrogen-bond acceptors (Lipinski definition) is 5. The molecule has 1 amide bonds. The maximum atomic E-state index is 13.8. The second-order valence-electron chi connectivity index (χ2n) is 7.80. The first-order chi connectivity index (χ1) is 16.4. The smallest absolute Gasteiger partial charge is 0.283 e. The van der Waals surface area contributed by atoms with Crippen molar-refractivity contribution < 1.29 is 9.18 Å². The number of amidine groups is 2. The minimum Gasteiger partial charge on any atom is -0.318 e. The van der Waals surface area contributed by atoms with Crippen molar-refractivity contribution in [3.63, 3.8) is 0 Å². The van der Waals surface area contributed by atoms with E-state index < -0.39 is 5.91 Å². The molecule has 6 nitrogen and oxygen atoms in total. The van der Waals surface area contributed by atoms with Gasteiger partial charge in [-0.05, 0) is 67.1 Å². The molecule has 34 heavy (non-hydrogen) atoms. The lowest BCUT2D eigenvalue weighted by Gasteiger charge is -2.20. The van der Waals surface area contributed by atoms with Crippen molar-refractivity contribution >= 4 is 50.9 Å². The van der Waals surface area contributed by atoms with Gasteiger partial charge in [-0.15, -0.1) is 5.10 Å². The third-order valence-electron chi connectivity index (χ3n) is 5.48. The number of benzene rings is 2. The number of rotatable bonds is 4. The summed E-state index contributed by atoms with van der Waals surface area (Å²) in [5.41, 5.74) is 4.53. The molecule has 0 radical (unpaired) electrons. The van der Waals surface area contributed by atoms with Gasteiger partial charge in [-0.3, -0.25) is 10.2 Å². The number of aliphatic imine (C=N–C) groups is 1. The topological polar surface area (TPSA) is 73.8 Å². The number of carbonyl (C=O) groups excluding carboxylic acids is 1. The molecular weight excluding hydrogens is 469 g/mol. The SMILES string of the molecule is Cc1cc(/C=C2\C(=N)N3N=C(SCc4ccccc4)SC3=NC2=O)c(C)n1-c1cccc(F)c1. The van der Waals surface area contributed by atoms with E-state index in [2.05, 4.69) is 10.1 Å². The summed E-state index contributed by atoms with van der Waals surface area (Å²) in [4.78, 5) is 17.0. The predicted octanol–water partition coefficient (Wildman–Crippen LogP) is 5.74. The summed E-state index contributed by atoms with van der Waals surface area (Å²) in [5.74, 6) is -0.0531. The molecule has 2 aromatic carbocycles. The van der Waals surface area contributed by atoms with Gasteiger partial charge >= 0.3 is 0 Å². The summed E-state index contributed by atoms with van der Waals surface area (Å²) >= 11 is 2.85. The van der Waals surface area contributed by atoms with Crippen LogP contribution in [0.3, 0.4) is 0 Å². The summed E-state index contributed by atoms with van der Waals surface area (Å²) in [6.45, 7) is 3.82. The van der Waals surface area contributed by atoms with Crippen molar-refractivity contribution in [1.29, 1.82) is 5.41 Å². The molecule has 3 aromatic rings. The van der Waals surface area contributed by atoms with Crippen molar-refractivity contribution in [2.24, 2.45) is 10.1 Å². The molecule has 0 saturated carbocycles. The molecule has 1 N–H and O–H groups in total. The van der Waals surface area contributed by atoms with Crippen LogP contribution in [-0.4, -0.2) is 30.9 Å². The monoisotopic (exact) mass is 489 g/mol. The Labute approximate surface area is 204 Å². The third-order valence-corrected chi connectivity index (χ3v) is 7.59. The highest BCUT2D eigenvalue weighted by molar-refractivity contribution is 8.45. The number of hydrazone groups is 1. The number of thioether (sulfide) groups is 2. The van der Waals surface area contributed by atoms with E-state index in [0.29, 0.717) is 10.9 Å². The Morgan fingerprint density at radius 3 is 2.68 bits per heavy atom. The van der Waals surface area contributed by atoms with Gasteiger partial charge in [-0.1, -0.05) is 48.2 Å². The lowest BCUT2D eigenvalue weighted by molar-refractivity contribution is -0.114.